The Bertz CT molecular complexity index is 519. The van der Waals surface area contributed by atoms with Gasteiger partial charge in [0.15, 0.2) is 0 Å². The largest absolute Gasteiger partial charge is 0.481 e. The SMILES string of the molecule is NCC1CCN(C(=O)NCc2ccccc2CC(=O)O)C1. The van der Waals surface area contributed by atoms with Gasteiger partial charge in [-0.3, -0.25) is 4.79 Å². The second kappa shape index (κ2) is 7.08. The van der Waals surface area contributed by atoms with Gasteiger partial charge in [0.25, 0.3) is 0 Å². The normalized spacial score (nSPS) is 17.8. The monoisotopic (exact) mass is 291 g/mol. The van der Waals surface area contributed by atoms with Crippen LogP contribution in [0.4, 0.5) is 4.79 Å². The number of rotatable bonds is 5. The summed E-state index contributed by atoms with van der Waals surface area (Å²) in [5, 5.41) is 11.7. The molecule has 1 fully saturated rings. The van der Waals surface area contributed by atoms with E-state index in [1.54, 1.807) is 17.0 Å². The predicted molar refractivity (Wildman–Crippen MR) is 78.8 cm³/mol. The van der Waals surface area contributed by atoms with Crippen LogP contribution in [-0.4, -0.2) is 41.6 Å². The van der Waals surface area contributed by atoms with Crippen LogP contribution in [0.3, 0.4) is 0 Å². The van der Waals surface area contributed by atoms with E-state index in [1.807, 2.05) is 12.1 Å². The van der Waals surface area contributed by atoms with Crippen molar-refractivity contribution in [2.45, 2.75) is 19.4 Å². The summed E-state index contributed by atoms with van der Waals surface area (Å²) in [7, 11) is 0. The minimum atomic E-state index is -0.876. The Labute approximate surface area is 123 Å². The molecule has 6 heteroatoms. The van der Waals surface area contributed by atoms with Gasteiger partial charge in [0.05, 0.1) is 6.42 Å². The molecule has 0 bridgehead atoms. The lowest BCUT2D eigenvalue weighted by Crippen LogP contribution is -2.38. The number of urea groups is 1. The molecule has 0 saturated carbocycles. The van der Waals surface area contributed by atoms with Crippen LogP contribution in [0.1, 0.15) is 17.5 Å². The van der Waals surface area contributed by atoms with Crippen molar-refractivity contribution in [3.8, 4) is 0 Å². The van der Waals surface area contributed by atoms with E-state index in [1.165, 1.54) is 0 Å². The average molecular weight is 291 g/mol. The summed E-state index contributed by atoms with van der Waals surface area (Å²) in [5.41, 5.74) is 7.18. The van der Waals surface area contributed by atoms with Gasteiger partial charge in [0.2, 0.25) is 0 Å². The molecule has 1 unspecified atom stereocenters. The molecule has 2 rings (SSSR count). The number of carbonyl (C=O) groups is 2. The summed E-state index contributed by atoms with van der Waals surface area (Å²) in [6.45, 7) is 2.36. The third-order valence-electron chi connectivity index (χ3n) is 3.80. The highest BCUT2D eigenvalue weighted by Gasteiger charge is 2.24. The summed E-state index contributed by atoms with van der Waals surface area (Å²) in [6.07, 6.45) is 0.907. The van der Waals surface area contributed by atoms with Crippen molar-refractivity contribution in [3.63, 3.8) is 0 Å². The van der Waals surface area contributed by atoms with Crippen LogP contribution in [0.15, 0.2) is 24.3 Å². The highest BCUT2D eigenvalue weighted by molar-refractivity contribution is 5.75. The third kappa shape index (κ3) is 4.19. The summed E-state index contributed by atoms with van der Waals surface area (Å²) in [6, 6.07) is 7.14. The van der Waals surface area contributed by atoms with Crippen LogP contribution in [-0.2, 0) is 17.8 Å². The van der Waals surface area contributed by atoms with Gasteiger partial charge >= 0.3 is 12.0 Å². The molecule has 0 spiro atoms. The molecule has 1 atom stereocenters. The van der Waals surface area contributed by atoms with E-state index in [-0.39, 0.29) is 12.5 Å². The fourth-order valence-corrected chi connectivity index (χ4v) is 2.56. The number of carbonyl (C=O) groups excluding carboxylic acids is 1. The number of nitrogens with two attached hydrogens (primary N) is 1. The number of nitrogens with zero attached hydrogens (tertiary/aromatic N) is 1. The van der Waals surface area contributed by atoms with E-state index in [9.17, 15) is 9.59 Å². The maximum absolute atomic E-state index is 12.1. The first kappa shape index (κ1) is 15.3. The lowest BCUT2D eigenvalue weighted by Gasteiger charge is -2.18. The molecule has 6 nitrogen and oxygen atoms in total. The maximum atomic E-state index is 12.1. The van der Waals surface area contributed by atoms with Crippen LogP contribution < -0.4 is 11.1 Å². The zero-order chi connectivity index (χ0) is 15.2. The minimum Gasteiger partial charge on any atom is -0.481 e. The zero-order valence-electron chi connectivity index (χ0n) is 11.9. The molecule has 114 valence electrons. The van der Waals surface area contributed by atoms with E-state index < -0.39 is 5.97 Å². The minimum absolute atomic E-state index is 0.0367. The molecule has 1 aliphatic heterocycles. The van der Waals surface area contributed by atoms with Gasteiger partial charge in [-0.05, 0) is 30.0 Å². The fourth-order valence-electron chi connectivity index (χ4n) is 2.56. The van der Waals surface area contributed by atoms with Gasteiger partial charge in [0.1, 0.15) is 0 Å². The smallest absolute Gasteiger partial charge is 0.317 e. The number of nitrogens with one attached hydrogen (secondary N) is 1. The number of amides is 2. The number of hydrogen-bond donors (Lipinski definition) is 3. The fraction of sp³-hybridized carbons (Fsp3) is 0.467. The standard InChI is InChI=1S/C15H21N3O3/c16-8-11-5-6-18(10-11)15(21)17-9-13-4-2-1-3-12(13)7-14(19)20/h1-4,11H,5-10,16H2,(H,17,21)(H,19,20). The van der Waals surface area contributed by atoms with Crippen LogP contribution >= 0.6 is 0 Å². The van der Waals surface area contributed by atoms with Gasteiger partial charge in [-0.25, -0.2) is 4.79 Å². The van der Waals surface area contributed by atoms with Crippen LogP contribution in [0.25, 0.3) is 0 Å². The Balaban J connectivity index is 1.91. The second-order valence-electron chi connectivity index (χ2n) is 5.33. The zero-order valence-corrected chi connectivity index (χ0v) is 11.9. The number of likely N-dealkylation sites (tertiary alicyclic amines) is 1. The molecule has 1 saturated heterocycles. The summed E-state index contributed by atoms with van der Waals surface area (Å²) < 4.78 is 0. The number of carboxylic acid groups (broad SMARTS) is 1. The molecule has 2 amide bonds. The Hall–Kier alpha value is -2.08. The molecule has 21 heavy (non-hydrogen) atoms. The Kier molecular flexibility index (Phi) is 5.16. The van der Waals surface area contributed by atoms with E-state index in [0.717, 1.165) is 24.1 Å². The van der Waals surface area contributed by atoms with Gasteiger partial charge in [-0.15, -0.1) is 0 Å². The Morgan fingerprint density at radius 2 is 2.05 bits per heavy atom. The van der Waals surface area contributed by atoms with Crippen molar-refractivity contribution in [1.29, 1.82) is 0 Å². The van der Waals surface area contributed by atoms with E-state index in [2.05, 4.69) is 5.32 Å². The maximum Gasteiger partial charge on any atom is 0.317 e. The van der Waals surface area contributed by atoms with Gasteiger partial charge in [-0.1, -0.05) is 24.3 Å². The molecular formula is C15H21N3O3. The Morgan fingerprint density at radius 3 is 2.67 bits per heavy atom. The quantitative estimate of drug-likeness (QED) is 0.748. The molecule has 0 aromatic heterocycles. The molecular weight excluding hydrogens is 270 g/mol. The molecule has 1 aliphatic rings. The Morgan fingerprint density at radius 1 is 1.33 bits per heavy atom. The molecule has 4 N–H and O–H groups in total. The van der Waals surface area contributed by atoms with E-state index in [4.69, 9.17) is 10.8 Å². The van der Waals surface area contributed by atoms with Crippen molar-refractivity contribution in [3.05, 3.63) is 35.4 Å². The van der Waals surface area contributed by atoms with Gasteiger partial charge in [0, 0.05) is 19.6 Å². The summed E-state index contributed by atoms with van der Waals surface area (Å²) in [5.74, 6) is -0.492. The van der Waals surface area contributed by atoms with Gasteiger partial charge < -0.3 is 21.1 Å². The highest BCUT2D eigenvalue weighted by atomic mass is 16.4. The highest BCUT2D eigenvalue weighted by Crippen LogP contribution is 2.15. The summed E-state index contributed by atoms with van der Waals surface area (Å²) in [4.78, 5) is 24.7. The number of hydrogen-bond acceptors (Lipinski definition) is 3. The topological polar surface area (TPSA) is 95.7 Å². The van der Waals surface area contributed by atoms with Gasteiger partial charge in [-0.2, -0.15) is 0 Å². The number of aliphatic carboxylic acids is 1. The summed E-state index contributed by atoms with van der Waals surface area (Å²) >= 11 is 0. The van der Waals surface area contributed by atoms with E-state index in [0.29, 0.717) is 25.6 Å². The second-order valence-corrected chi connectivity index (χ2v) is 5.33. The lowest BCUT2D eigenvalue weighted by molar-refractivity contribution is -0.136. The average Bonchev–Trinajstić information content (AvgIpc) is 2.94. The molecule has 0 aliphatic carbocycles. The predicted octanol–water partition coefficient (Wildman–Crippen LogP) is 0.804. The van der Waals surface area contributed by atoms with Crippen LogP contribution in [0, 0.1) is 5.92 Å². The first-order valence-corrected chi connectivity index (χ1v) is 7.11. The van der Waals surface area contributed by atoms with Crippen molar-refractivity contribution in [2.75, 3.05) is 19.6 Å². The van der Waals surface area contributed by atoms with E-state index >= 15 is 0 Å². The van der Waals surface area contributed by atoms with Crippen molar-refractivity contribution >= 4 is 12.0 Å². The molecule has 0 radical (unpaired) electrons. The molecule has 1 aromatic carbocycles. The first-order chi connectivity index (χ1) is 10.1. The van der Waals surface area contributed by atoms with Crippen molar-refractivity contribution in [2.24, 2.45) is 11.7 Å². The first-order valence-electron chi connectivity index (χ1n) is 7.11. The van der Waals surface area contributed by atoms with Crippen molar-refractivity contribution < 1.29 is 14.7 Å². The van der Waals surface area contributed by atoms with Crippen LogP contribution in [0.5, 0.6) is 0 Å². The molecule has 1 heterocycles. The molecule has 1 aromatic rings. The van der Waals surface area contributed by atoms with Crippen molar-refractivity contribution in [1.82, 2.24) is 10.2 Å². The third-order valence-corrected chi connectivity index (χ3v) is 3.80. The number of carboxylic acids is 1. The lowest BCUT2D eigenvalue weighted by atomic mass is 10.0. The van der Waals surface area contributed by atoms with Crippen LogP contribution in [0.2, 0.25) is 0 Å². The number of benzene rings is 1.